The number of hydrogen-bond donors (Lipinski definition) is 1. The molecule has 21 heavy (non-hydrogen) atoms. The lowest BCUT2D eigenvalue weighted by Gasteiger charge is -2.08. The van der Waals surface area contributed by atoms with Crippen LogP contribution in [0.15, 0.2) is 34.7 Å². The van der Waals surface area contributed by atoms with Crippen LogP contribution in [0.4, 0.5) is 0 Å². The van der Waals surface area contributed by atoms with Gasteiger partial charge in [0.2, 0.25) is 0 Å². The fourth-order valence-corrected chi connectivity index (χ4v) is 2.23. The van der Waals surface area contributed by atoms with Gasteiger partial charge in [-0.1, -0.05) is 39.0 Å². The van der Waals surface area contributed by atoms with Crippen molar-refractivity contribution >= 4 is 0 Å². The van der Waals surface area contributed by atoms with Crippen LogP contribution in [-0.2, 0) is 19.6 Å². The molecule has 1 N–H and O–H groups in total. The smallest absolute Gasteiger partial charge is 0.146 e. The number of rotatable bonds is 7. The van der Waals surface area contributed by atoms with Gasteiger partial charge in [-0.3, -0.25) is 0 Å². The highest BCUT2D eigenvalue weighted by atomic mass is 16.5. The Kier molecular flexibility index (Phi) is 5.45. The van der Waals surface area contributed by atoms with Gasteiger partial charge in [-0.15, -0.1) is 0 Å². The third-order valence-corrected chi connectivity index (χ3v) is 3.50. The summed E-state index contributed by atoms with van der Waals surface area (Å²) in [5.41, 5.74) is 2.42. The summed E-state index contributed by atoms with van der Waals surface area (Å²) in [6, 6.07) is 10.7. The van der Waals surface area contributed by atoms with Crippen LogP contribution in [0.1, 0.15) is 43.4 Å². The molecule has 0 saturated carbocycles. The SMILES string of the molecule is CCc1ccccc1OCc1cc(CNC(C)C)c(C)o1. The van der Waals surface area contributed by atoms with E-state index in [9.17, 15) is 0 Å². The second kappa shape index (κ2) is 7.32. The van der Waals surface area contributed by atoms with Gasteiger partial charge in [0.05, 0.1) is 0 Å². The molecule has 0 saturated heterocycles. The zero-order chi connectivity index (χ0) is 15.2. The lowest BCUT2D eigenvalue weighted by molar-refractivity contribution is 0.265. The number of nitrogens with one attached hydrogen (secondary N) is 1. The molecular formula is C18H25NO2. The van der Waals surface area contributed by atoms with Crippen molar-refractivity contribution in [1.29, 1.82) is 0 Å². The average molecular weight is 287 g/mol. The Labute approximate surface area is 127 Å². The first kappa shape index (κ1) is 15.6. The monoisotopic (exact) mass is 287 g/mol. The van der Waals surface area contributed by atoms with Crippen LogP contribution in [0, 0.1) is 6.92 Å². The fourth-order valence-electron chi connectivity index (χ4n) is 2.23. The van der Waals surface area contributed by atoms with Crippen LogP contribution >= 0.6 is 0 Å². The minimum Gasteiger partial charge on any atom is -0.485 e. The van der Waals surface area contributed by atoms with Crippen LogP contribution in [0.3, 0.4) is 0 Å². The second-order valence-corrected chi connectivity index (χ2v) is 5.58. The van der Waals surface area contributed by atoms with Crippen molar-refractivity contribution < 1.29 is 9.15 Å². The summed E-state index contributed by atoms with van der Waals surface area (Å²) in [6.45, 7) is 9.72. The third kappa shape index (κ3) is 4.36. The standard InChI is InChI=1S/C18H25NO2/c1-5-15-8-6-7-9-18(15)20-12-17-10-16(14(4)21-17)11-19-13(2)3/h6-10,13,19H,5,11-12H2,1-4H3. The van der Waals surface area contributed by atoms with Crippen LogP contribution in [0.5, 0.6) is 5.75 Å². The van der Waals surface area contributed by atoms with Gasteiger partial charge >= 0.3 is 0 Å². The van der Waals surface area contributed by atoms with E-state index in [0.29, 0.717) is 12.6 Å². The molecule has 1 heterocycles. The van der Waals surface area contributed by atoms with Gasteiger partial charge in [0.25, 0.3) is 0 Å². The molecule has 0 bridgehead atoms. The van der Waals surface area contributed by atoms with Gasteiger partial charge in [-0.25, -0.2) is 0 Å². The summed E-state index contributed by atoms with van der Waals surface area (Å²) in [6.07, 6.45) is 0.969. The van der Waals surface area contributed by atoms with Crippen LogP contribution in [-0.4, -0.2) is 6.04 Å². The summed E-state index contributed by atoms with van der Waals surface area (Å²) in [4.78, 5) is 0. The molecule has 0 aliphatic rings. The number of ether oxygens (including phenoxy) is 1. The van der Waals surface area contributed by atoms with E-state index in [4.69, 9.17) is 9.15 Å². The van der Waals surface area contributed by atoms with Crippen molar-refractivity contribution in [3.05, 3.63) is 53.0 Å². The zero-order valence-corrected chi connectivity index (χ0v) is 13.4. The highest BCUT2D eigenvalue weighted by Crippen LogP contribution is 2.21. The maximum absolute atomic E-state index is 5.89. The Bertz CT molecular complexity index is 572. The van der Waals surface area contributed by atoms with Crippen LogP contribution in [0.25, 0.3) is 0 Å². The molecule has 3 nitrogen and oxygen atoms in total. The first-order valence-electron chi connectivity index (χ1n) is 7.62. The molecule has 0 radical (unpaired) electrons. The van der Waals surface area contributed by atoms with E-state index >= 15 is 0 Å². The molecule has 1 aromatic carbocycles. The molecule has 2 aromatic rings. The predicted octanol–water partition coefficient (Wildman–Crippen LogP) is 4.23. The van der Waals surface area contributed by atoms with E-state index in [2.05, 4.69) is 38.2 Å². The molecule has 0 amide bonds. The molecular weight excluding hydrogens is 262 g/mol. The molecule has 1 aromatic heterocycles. The highest BCUT2D eigenvalue weighted by Gasteiger charge is 2.09. The topological polar surface area (TPSA) is 34.4 Å². The van der Waals surface area contributed by atoms with E-state index in [0.717, 1.165) is 30.2 Å². The van der Waals surface area contributed by atoms with E-state index in [1.54, 1.807) is 0 Å². The summed E-state index contributed by atoms with van der Waals surface area (Å²) in [7, 11) is 0. The zero-order valence-electron chi connectivity index (χ0n) is 13.4. The first-order valence-corrected chi connectivity index (χ1v) is 7.62. The predicted molar refractivity (Wildman–Crippen MR) is 85.6 cm³/mol. The van der Waals surface area contributed by atoms with Gasteiger partial charge < -0.3 is 14.5 Å². The third-order valence-electron chi connectivity index (χ3n) is 3.50. The molecule has 0 unspecified atom stereocenters. The van der Waals surface area contributed by atoms with Gasteiger partial charge in [0, 0.05) is 18.2 Å². The van der Waals surface area contributed by atoms with Crippen LogP contribution in [0.2, 0.25) is 0 Å². The number of furan rings is 1. The molecule has 0 fully saturated rings. The maximum Gasteiger partial charge on any atom is 0.146 e. The first-order chi connectivity index (χ1) is 10.1. The van der Waals surface area contributed by atoms with Gasteiger partial charge in [0.1, 0.15) is 23.9 Å². The Morgan fingerprint density at radius 1 is 1.19 bits per heavy atom. The van der Waals surface area contributed by atoms with Crippen LogP contribution < -0.4 is 10.1 Å². The van der Waals surface area contributed by atoms with E-state index in [1.807, 2.05) is 25.1 Å². The number of para-hydroxylation sites is 1. The molecule has 0 aliphatic carbocycles. The fraction of sp³-hybridized carbons (Fsp3) is 0.444. The van der Waals surface area contributed by atoms with Crippen molar-refractivity contribution in [2.24, 2.45) is 0 Å². The normalized spacial score (nSPS) is 11.1. The molecule has 0 aliphatic heterocycles. The lowest BCUT2D eigenvalue weighted by Crippen LogP contribution is -2.21. The number of hydrogen-bond acceptors (Lipinski definition) is 3. The highest BCUT2D eigenvalue weighted by molar-refractivity contribution is 5.33. The van der Waals surface area contributed by atoms with E-state index in [-0.39, 0.29) is 0 Å². The quantitative estimate of drug-likeness (QED) is 0.827. The lowest BCUT2D eigenvalue weighted by atomic mass is 10.1. The molecule has 114 valence electrons. The molecule has 3 heteroatoms. The molecule has 0 spiro atoms. The van der Waals surface area contributed by atoms with Gasteiger partial charge in [-0.2, -0.15) is 0 Å². The number of benzene rings is 1. The van der Waals surface area contributed by atoms with E-state index < -0.39 is 0 Å². The average Bonchev–Trinajstić information content (AvgIpc) is 2.83. The minimum absolute atomic E-state index is 0.468. The maximum atomic E-state index is 5.89. The van der Waals surface area contributed by atoms with Crippen molar-refractivity contribution in [3.8, 4) is 5.75 Å². The summed E-state index contributed by atoms with van der Waals surface area (Å²) >= 11 is 0. The summed E-state index contributed by atoms with van der Waals surface area (Å²) in [5.74, 6) is 2.78. The van der Waals surface area contributed by atoms with Crippen molar-refractivity contribution in [2.75, 3.05) is 0 Å². The Morgan fingerprint density at radius 3 is 2.67 bits per heavy atom. The van der Waals surface area contributed by atoms with E-state index in [1.165, 1.54) is 11.1 Å². The number of aryl methyl sites for hydroxylation is 2. The Hall–Kier alpha value is -1.74. The molecule has 2 rings (SSSR count). The minimum atomic E-state index is 0.468. The Morgan fingerprint density at radius 2 is 1.95 bits per heavy atom. The van der Waals surface area contributed by atoms with Gasteiger partial charge in [-0.05, 0) is 31.0 Å². The Balaban J connectivity index is 1.99. The van der Waals surface area contributed by atoms with Gasteiger partial charge in [0.15, 0.2) is 0 Å². The second-order valence-electron chi connectivity index (χ2n) is 5.58. The summed E-state index contributed by atoms with van der Waals surface area (Å²) in [5, 5.41) is 3.41. The van der Waals surface area contributed by atoms with Crippen molar-refractivity contribution in [2.45, 2.75) is 53.3 Å². The molecule has 0 atom stereocenters. The van der Waals surface area contributed by atoms with Crippen molar-refractivity contribution in [1.82, 2.24) is 5.32 Å². The largest absolute Gasteiger partial charge is 0.485 e. The summed E-state index contributed by atoms with van der Waals surface area (Å²) < 4.78 is 11.7. The van der Waals surface area contributed by atoms with Crippen molar-refractivity contribution in [3.63, 3.8) is 0 Å².